The Labute approximate surface area is 83.9 Å². The molecule has 0 amide bonds. The normalized spacial score (nSPS) is 12.9. The van der Waals surface area contributed by atoms with Crippen LogP contribution in [0.3, 0.4) is 0 Å². The molecule has 1 N–H and O–H groups in total. The second-order valence-electron chi connectivity index (χ2n) is 4.22. The van der Waals surface area contributed by atoms with Crippen LogP contribution in [0, 0.1) is 5.21 Å². The smallest absolute Gasteiger partial charge is 0.182 e. The second-order valence-corrected chi connectivity index (χ2v) is 4.22. The van der Waals surface area contributed by atoms with Gasteiger partial charge >= 0.3 is 0 Å². The minimum atomic E-state index is -0.453. The molecule has 0 saturated heterocycles. The number of nitrogens with zero attached hydrogens (tertiary/aromatic N) is 1. The fraction of sp³-hybridized carbons (Fsp3) is 0.364. The molecular formula is C11H15NO2. The predicted molar refractivity (Wildman–Crippen MR) is 56.7 cm³/mol. The Hall–Kier alpha value is -1.51. The van der Waals surface area contributed by atoms with Crippen LogP contribution >= 0.6 is 0 Å². The average molecular weight is 193 g/mol. The maximum absolute atomic E-state index is 11.5. The van der Waals surface area contributed by atoms with Crippen molar-refractivity contribution in [3.05, 3.63) is 35.0 Å². The lowest BCUT2D eigenvalue weighted by molar-refractivity contribution is -0.530. The molecule has 76 valence electrons. The molecule has 0 spiro atoms. The first-order chi connectivity index (χ1) is 6.39. The molecular weight excluding hydrogens is 178 g/mol. The molecule has 0 radical (unpaired) electrons. The fourth-order valence-corrected chi connectivity index (χ4v) is 0.934. The molecule has 0 unspecified atom stereocenters. The summed E-state index contributed by atoms with van der Waals surface area (Å²) in [5.41, 5.74) is 0.251. The SMILES string of the molecule is CC(C)(C)/[N+]([O-])=C/c1cccc(O)c1. The summed E-state index contributed by atoms with van der Waals surface area (Å²) in [6.45, 7) is 5.50. The van der Waals surface area contributed by atoms with Crippen LogP contribution in [0.5, 0.6) is 5.75 Å². The highest BCUT2D eigenvalue weighted by Crippen LogP contribution is 2.11. The van der Waals surface area contributed by atoms with Gasteiger partial charge in [-0.05, 0) is 18.2 Å². The van der Waals surface area contributed by atoms with Crippen molar-refractivity contribution < 1.29 is 9.85 Å². The molecule has 0 aliphatic rings. The molecule has 0 aliphatic carbocycles. The third-order valence-corrected chi connectivity index (χ3v) is 1.80. The first-order valence-corrected chi connectivity index (χ1v) is 4.50. The summed E-state index contributed by atoms with van der Waals surface area (Å²) in [6.07, 6.45) is 1.47. The van der Waals surface area contributed by atoms with Gasteiger partial charge in [0, 0.05) is 26.3 Å². The number of aromatic hydroxyl groups is 1. The summed E-state index contributed by atoms with van der Waals surface area (Å²) < 4.78 is 0.877. The molecule has 3 heteroatoms. The lowest BCUT2D eigenvalue weighted by Gasteiger charge is -2.18. The van der Waals surface area contributed by atoms with E-state index in [2.05, 4.69) is 0 Å². The lowest BCUT2D eigenvalue weighted by atomic mass is 10.1. The average Bonchev–Trinajstić information content (AvgIpc) is 2.02. The number of benzene rings is 1. The van der Waals surface area contributed by atoms with Gasteiger partial charge in [-0.25, -0.2) is 4.74 Å². The predicted octanol–water partition coefficient (Wildman–Crippen LogP) is 2.12. The van der Waals surface area contributed by atoms with Crippen LogP contribution in [0.4, 0.5) is 0 Å². The standard InChI is InChI=1S/C11H15NO2/c1-11(2,3)12(14)8-9-5-4-6-10(13)7-9/h4-8,13H,1-3H3/b12-8-. The van der Waals surface area contributed by atoms with E-state index in [1.807, 2.05) is 20.8 Å². The number of rotatable bonds is 1. The van der Waals surface area contributed by atoms with Crippen molar-refractivity contribution in [2.45, 2.75) is 26.3 Å². The summed E-state index contributed by atoms with van der Waals surface area (Å²) in [4.78, 5) is 0. The van der Waals surface area contributed by atoms with Gasteiger partial charge in [0.1, 0.15) is 5.75 Å². The van der Waals surface area contributed by atoms with Crippen molar-refractivity contribution in [1.82, 2.24) is 0 Å². The Morgan fingerprint density at radius 3 is 2.50 bits per heavy atom. The van der Waals surface area contributed by atoms with Gasteiger partial charge in [-0.2, -0.15) is 0 Å². The summed E-state index contributed by atoms with van der Waals surface area (Å²) >= 11 is 0. The number of hydrogen-bond donors (Lipinski definition) is 1. The highest BCUT2D eigenvalue weighted by atomic mass is 16.5. The first kappa shape index (κ1) is 10.6. The Morgan fingerprint density at radius 2 is 2.00 bits per heavy atom. The van der Waals surface area contributed by atoms with Crippen LogP contribution in [0.15, 0.2) is 24.3 Å². The Balaban J connectivity index is 2.98. The molecule has 0 heterocycles. The van der Waals surface area contributed by atoms with Crippen molar-refractivity contribution in [1.29, 1.82) is 0 Å². The monoisotopic (exact) mass is 193 g/mol. The Morgan fingerprint density at radius 1 is 1.36 bits per heavy atom. The van der Waals surface area contributed by atoms with E-state index in [1.165, 1.54) is 6.21 Å². The van der Waals surface area contributed by atoms with E-state index in [1.54, 1.807) is 24.3 Å². The van der Waals surface area contributed by atoms with E-state index < -0.39 is 5.54 Å². The molecule has 0 bridgehead atoms. The minimum Gasteiger partial charge on any atom is -0.623 e. The first-order valence-electron chi connectivity index (χ1n) is 4.50. The maximum Gasteiger partial charge on any atom is 0.182 e. The zero-order valence-corrected chi connectivity index (χ0v) is 8.69. The third-order valence-electron chi connectivity index (χ3n) is 1.80. The van der Waals surface area contributed by atoms with E-state index in [0.717, 1.165) is 4.74 Å². The van der Waals surface area contributed by atoms with Crippen molar-refractivity contribution in [2.24, 2.45) is 0 Å². The van der Waals surface area contributed by atoms with Gasteiger partial charge in [-0.3, -0.25) is 0 Å². The van der Waals surface area contributed by atoms with E-state index in [0.29, 0.717) is 5.56 Å². The molecule has 0 atom stereocenters. The summed E-state index contributed by atoms with van der Waals surface area (Å²) in [5, 5.41) is 20.7. The van der Waals surface area contributed by atoms with Gasteiger partial charge in [0.25, 0.3) is 0 Å². The van der Waals surface area contributed by atoms with Gasteiger partial charge in [-0.1, -0.05) is 6.07 Å². The van der Waals surface area contributed by atoms with Gasteiger partial charge in [-0.15, -0.1) is 0 Å². The summed E-state index contributed by atoms with van der Waals surface area (Å²) in [5.74, 6) is 0.168. The zero-order chi connectivity index (χ0) is 10.8. The van der Waals surface area contributed by atoms with Crippen molar-refractivity contribution in [3.8, 4) is 5.75 Å². The van der Waals surface area contributed by atoms with E-state index in [4.69, 9.17) is 0 Å². The number of hydrogen-bond acceptors (Lipinski definition) is 2. The Bertz CT molecular complexity index is 351. The molecule has 3 nitrogen and oxygen atoms in total. The van der Waals surface area contributed by atoms with Gasteiger partial charge in [0.05, 0.1) is 0 Å². The van der Waals surface area contributed by atoms with Crippen molar-refractivity contribution in [3.63, 3.8) is 0 Å². The number of phenolic OH excluding ortho intramolecular Hbond substituents is 1. The van der Waals surface area contributed by atoms with Crippen LogP contribution < -0.4 is 0 Å². The summed E-state index contributed by atoms with van der Waals surface area (Å²) in [7, 11) is 0. The second kappa shape index (κ2) is 3.70. The lowest BCUT2D eigenvalue weighted by Crippen LogP contribution is -2.29. The molecule has 0 saturated carbocycles. The Kier molecular flexibility index (Phi) is 2.79. The van der Waals surface area contributed by atoms with Gasteiger partial charge < -0.3 is 10.3 Å². The topological polar surface area (TPSA) is 46.3 Å². The molecule has 0 aromatic heterocycles. The minimum absolute atomic E-state index is 0.168. The number of phenols is 1. The summed E-state index contributed by atoms with van der Waals surface area (Å²) in [6, 6.07) is 6.61. The molecule has 1 aromatic rings. The fourth-order valence-electron chi connectivity index (χ4n) is 0.934. The van der Waals surface area contributed by atoms with E-state index >= 15 is 0 Å². The van der Waals surface area contributed by atoms with Crippen molar-refractivity contribution in [2.75, 3.05) is 0 Å². The van der Waals surface area contributed by atoms with Crippen LogP contribution in [-0.2, 0) is 0 Å². The zero-order valence-electron chi connectivity index (χ0n) is 8.69. The molecule has 14 heavy (non-hydrogen) atoms. The molecule has 1 aromatic carbocycles. The maximum atomic E-state index is 11.5. The number of hydroxylamine groups is 1. The van der Waals surface area contributed by atoms with Crippen LogP contribution in [0.25, 0.3) is 0 Å². The third kappa shape index (κ3) is 2.76. The van der Waals surface area contributed by atoms with E-state index in [-0.39, 0.29) is 5.75 Å². The molecule has 1 rings (SSSR count). The molecule has 0 fully saturated rings. The van der Waals surface area contributed by atoms with Gasteiger partial charge in [0.2, 0.25) is 0 Å². The van der Waals surface area contributed by atoms with Crippen molar-refractivity contribution >= 4 is 6.21 Å². The highest BCUT2D eigenvalue weighted by molar-refractivity contribution is 5.76. The van der Waals surface area contributed by atoms with Gasteiger partial charge in [0.15, 0.2) is 11.8 Å². The largest absolute Gasteiger partial charge is 0.623 e. The quantitative estimate of drug-likeness (QED) is 0.321. The van der Waals surface area contributed by atoms with E-state index in [9.17, 15) is 10.3 Å². The van der Waals surface area contributed by atoms with Crippen LogP contribution in [0.1, 0.15) is 26.3 Å². The van der Waals surface area contributed by atoms with Crippen LogP contribution in [-0.4, -0.2) is 21.6 Å². The molecule has 0 aliphatic heterocycles. The van der Waals surface area contributed by atoms with Crippen LogP contribution in [0.2, 0.25) is 0 Å². The highest BCUT2D eigenvalue weighted by Gasteiger charge is 2.17.